The first kappa shape index (κ1) is 21.3. The third-order valence-corrected chi connectivity index (χ3v) is 5.32. The molecule has 1 heterocycles. The highest BCUT2D eigenvalue weighted by Crippen LogP contribution is 2.21. The number of halogens is 1. The van der Waals surface area contributed by atoms with Crippen LogP contribution in [0.25, 0.3) is 0 Å². The fourth-order valence-electron chi connectivity index (χ4n) is 3.59. The Morgan fingerprint density at radius 1 is 1.10 bits per heavy atom. The number of carbonyl (C=O) groups excluding carboxylic acids is 2. The maximum Gasteiger partial charge on any atom is 0.310 e. The second-order valence-electron chi connectivity index (χ2n) is 7.37. The lowest BCUT2D eigenvalue weighted by atomic mass is 9.96. The largest absolute Gasteiger partial charge is 0.466 e. The second kappa shape index (κ2) is 10.4. The molecule has 1 N–H and O–H groups in total. The molecule has 1 aliphatic rings. The number of hydrogen-bond donors (Lipinski definition) is 1. The van der Waals surface area contributed by atoms with Crippen molar-refractivity contribution in [3.63, 3.8) is 0 Å². The number of ether oxygens (including phenoxy) is 1. The molecule has 0 spiro atoms. The van der Waals surface area contributed by atoms with Crippen LogP contribution in [0.15, 0.2) is 48.5 Å². The lowest BCUT2D eigenvalue weighted by Gasteiger charge is -2.32. The minimum Gasteiger partial charge on any atom is -0.466 e. The van der Waals surface area contributed by atoms with E-state index in [2.05, 4.69) is 10.2 Å². The number of amides is 1. The molecular formula is C23H27ClN2O3. The zero-order valence-electron chi connectivity index (χ0n) is 16.7. The number of anilines is 1. The summed E-state index contributed by atoms with van der Waals surface area (Å²) in [5.41, 5.74) is 2.82. The minimum absolute atomic E-state index is 0.0322. The van der Waals surface area contributed by atoms with Crippen LogP contribution in [0.5, 0.6) is 0 Å². The van der Waals surface area contributed by atoms with E-state index in [1.807, 2.05) is 48.5 Å². The first-order chi connectivity index (χ1) is 14.0. The summed E-state index contributed by atoms with van der Waals surface area (Å²) in [5, 5.41) is 3.74. The Balaban J connectivity index is 1.51. The van der Waals surface area contributed by atoms with Crippen LogP contribution >= 0.6 is 11.6 Å². The predicted molar refractivity (Wildman–Crippen MR) is 115 cm³/mol. The van der Waals surface area contributed by atoms with Crippen molar-refractivity contribution in [2.24, 2.45) is 5.92 Å². The van der Waals surface area contributed by atoms with Crippen molar-refractivity contribution in [1.29, 1.82) is 0 Å². The van der Waals surface area contributed by atoms with Crippen molar-refractivity contribution >= 4 is 29.2 Å². The molecule has 1 saturated heterocycles. The molecule has 154 valence electrons. The zero-order valence-corrected chi connectivity index (χ0v) is 17.5. The van der Waals surface area contributed by atoms with Crippen molar-refractivity contribution < 1.29 is 14.3 Å². The van der Waals surface area contributed by atoms with Crippen molar-refractivity contribution in [1.82, 2.24) is 4.90 Å². The standard InChI is InChI=1S/C23H27ClN2O3/c1-2-29-22(27)14-17-7-11-21(12-8-17)25-23(28)19-4-3-13-26(16-19)15-18-5-9-20(24)10-6-18/h5-12,19H,2-4,13-16H2,1H3,(H,25,28)/t19-/m1/s1. The van der Waals surface area contributed by atoms with E-state index in [1.54, 1.807) is 6.92 Å². The van der Waals surface area contributed by atoms with Gasteiger partial charge in [-0.05, 0) is 61.7 Å². The predicted octanol–water partition coefficient (Wildman–Crippen LogP) is 4.30. The normalized spacial score (nSPS) is 17.0. The number of hydrogen-bond acceptors (Lipinski definition) is 4. The molecule has 2 aromatic rings. The van der Waals surface area contributed by atoms with E-state index >= 15 is 0 Å². The minimum atomic E-state index is -0.243. The number of rotatable bonds is 7. The van der Waals surface area contributed by atoms with E-state index in [4.69, 9.17) is 16.3 Å². The quantitative estimate of drug-likeness (QED) is 0.686. The maximum atomic E-state index is 12.7. The third-order valence-electron chi connectivity index (χ3n) is 5.07. The lowest BCUT2D eigenvalue weighted by molar-refractivity contribution is -0.142. The summed E-state index contributed by atoms with van der Waals surface area (Å²) >= 11 is 5.96. The van der Waals surface area contributed by atoms with Crippen LogP contribution in [-0.4, -0.2) is 36.5 Å². The monoisotopic (exact) mass is 414 g/mol. The molecule has 0 saturated carbocycles. The molecular weight excluding hydrogens is 388 g/mol. The zero-order chi connectivity index (χ0) is 20.6. The van der Waals surface area contributed by atoms with Gasteiger partial charge in [0.1, 0.15) is 0 Å². The van der Waals surface area contributed by atoms with Gasteiger partial charge < -0.3 is 10.1 Å². The van der Waals surface area contributed by atoms with Crippen LogP contribution in [0.4, 0.5) is 5.69 Å². The molecule has 0 radical (unpaired) electrons. The third kappa shape index (κ3) is 6.58. The number of benzene rings is 2. The molecule has 0 aromatic heterocycles. The lowest BCUT2D eigenvalue weighted by Crippen LogP contribution is -2.40. The van der Waals surface area contributed by atoms with E-state index in [9.17, 15) is 9.59 Å². The number of esters is 1. The summed E-state index contributed by atoms with van der Waals surface area (Å²) in [5.74, 6) is -0.230. The van der Waals surface area contributed by atoms with E-state index < -0.39 is 0 Å². The Kier molecular flexibility index (Phi) is 7.67. The summed E-state index contributed by atoms with van der Waals surface area (Å²) in [6.07, 6.45) is 2.14. The topological polar surface area (TPSA) is 58.6 Å². The second-order valence-corrected chi connectivity index (χ2v) is 7.81. The summed E-state index contributed by atoms with van der Waals surface area (Å²) in [7, 11) is 0. The molecule has 0 unspecified atom stereocenters. The average molecular weight is 415 g/mol. The smallest absolute Gasteiger partial charge is 0.310 e. The molecule has 2 aromatic carbocycles. The number of nitrogens with one attached hydrogen (secondary N) is 1. The van der Waals surface area contributed by atoms with E-state index in [-0.39, 0.29) is 24.2 Å². The number of likely N-dealkylation sites (tertiary alicyclic amines) is 1. The van der Waals surface area contributed by atoms with Gasteiger partial charge in [-0.1, -0.05) is 35.9 Å². The van der Waals surface area contributed by atoms with Crippen LogP contribution in [-0.2, 0) is 27.3 Å². The highest BCUT2D eigenvalue weighted by atomic mass is 35.5. The van der Waals surface area contributed by atoms with Crippen molar-refractivity contribution in [2.45, 2.75) is 32.7 Å². The molecule has 0 aliphatic carbocycles. The number of nitrogens with zero attached hydrogens (tertiary/aromatic N) is 1. The summed E-state index contributed by atoms with van der Waals surface area (Å²) in [4.78, 5) is 26.6. The maximum absolute atomic E-state index is 12.7. The number of piperidine rings is 1. The number of carbonyl (C=O) groups is 2. The first-order valence-corrected chi connectivity index (χ1v) is 10.4. The van der Waals surface area contributed by atoms with Crippen LogP contribution in [0.1, 0.15) is 30.9 Å². The van der Waals surface area contributed by atoms with E-state index in [1.165, 1.54) is 5.56 Å². The Hall–Kier alpha value is -2.37. The van der Waals surface area contributed by atoms with Gasteiger partial charge in [-0.3, -0.25) is 14.5 Å². The molecule has 29 heavy (non-hydrogen) atoms. The van der Waals surface area contributed by atoms with Crippen LogP contribution in [0.2, 0.25) is 5.02 Å². The molecule has 5 nitrogen and oxygen atoms in total. The highest BCUT2D eigenvalue weighted by molar-refractivity contribution is 6.30. The molecule has 3 rings (SSSR count). The fourth-order valence-corrected chi connectivity index (χ4v) is 3.72. The van der Waals surface area contributed by atoms with Gasteiger partial charge in [-0.25, -0.2) is 0 Å². The van der Waals surface area contributed by atoms with Crippen LogP contribution in [0, 0.1) is 5.92 Å². The summed E-state index contributed by atoms with van der Waals surface area (Å²) in [6.45, 7) is 4.73. The van der Waals surface area contributed by atoms with Gasteiger partial charge >= 0.3 is 5.97 Å². The average Bonchev–Trinajstić information content (AvgIpc) is 2.71. The first-order valence-electron chi connectivity index (χ1n) is 10.1. The molecule has 6 heteroatoms. The molecule has 1 aliphatic heterocycles. The van der Waals surface area contributed by atoms with Crippen LogP contribution in [0.3, 0.4) is 0 Å². The SMILES string of the molecule is CCOC(=O)Cc1ccc(NC(=O)[C@@H]2CCCN(Cc3ccc(Cl)cc3)C2)cc1. The van der Waals surface area contributed by atoms with Gasteiger partial charge in [-0.15, -0.1) is 0 Å². The Morgan fingerprint density at radius 3 is 2.48 bits per heavy atom. The molecule has 1 amide bonds. The van der Waals surface area contributed by atoms with Crippen molar-refractivity contribution in [3.8, 4) is 0 Å². The summed E-state index contributed by atoms with van der Waals surface area (Å²) in [6, 6.07) is 15.2. The van der Waals surface area contributed by atoms with Gasteiger partial charge in [0.05, 0.1) is 18.9 Å². The molecule has 1 fully saturated rings. The van der Waals surface area contributed by atoms with Gasteiger partial charge in [0, 0.05) is 23.8 Å². The van der Waals surface area contributed by atoms with Gasteiger partial charge in [0.2, 0.25) is 5.91 Å². The Bertz CT molecular complexity index is 821. The van der Waals surface area contributed by atoms with Gasteiger partial charge in [0.25, 0.3) is 0 Å². The Labute approximate surface area is 177 Å². The molecule has 1 atom stereocenters. The summed E-state index contributed by atoms with van der Waals surface area (Å²) < 4.78 is 4.96. The van der Waals surface area contributed by atoms with E-state index in [0.29, 0.717) is 6.61 Å². The molecule has 0 bridgehead atoms. The van der Waals surface area contributed by atoms with Crippen molar-refractivity contribution in [3.05, 3.63) is 64.7 Å². The van der Waals surface area contributed by atoms with Crippen molar-refractivity contribution in [2.75, 3.05) is 25.0 Å². The van der Waals surface area contributed by atoms with E-state index in [0.717, 1.165) is 48.7 Å². The highest BCUT2D eigenvalue weighted by Gasteiger charge is 2.25. The Morgan fingerprint density at radius 2 is 1.79 bits per heavy atom. The fraction of sp³-hybridized carbons (Fsp3) is 0.391. The van der Waals surface area contributed by atoms with Gasteiger partial charge in [-0.2, -0.15) is 0 Å². The van der Waals surface area contributed by atoms with Gasteiger partial charge in [0.15, 0.2) is 0 Å². The van der Waals surface area contributed by atoms with Crippen LogP contribution < -0.4 is 5.32 Å².